The minimum atomic E-state index is -4.09. The lowest BCUT2D eigenvalue weighted by Crippen LogP contribution is -2.45. The maximum Gasteiger partial charge on any atom is 0.255 e. The van der Waals surface area contributed by atoms with Crippen LogP contribution < -0.4 is 5.32 Å². The molecular formula is C22H22F3NO4S. The van der Waals surface area contributed by atoms with E-state index < -0.39 is 48.9 Å². The first-order valence-corrected chi connectivity index (χ1v) is 11.6. The summed E-state index contributed by atoms with van der Waals surface area (Å²) in [5.41, 5.74) is -1.07. The van der Waals surface area contributed by atoms with Gasteiger partial charge in [0.1, 0.15) is 10.7 Å². The van der Waals surface area contributed by atoms with Crippen LogP contribution >= 0.6 is 0 Å². The van der Waals surface area contributed by atoms with Gasteiger partial charge in [0, 0.05) is 17.3 Å². The molecular weight excluding hydrogens is 431 g/mol. The molecule has 2 aromatic carbocycles. The summed E-state index contributed by atoms with van der Waals surface area (Å²) in [6.07, 6.45) is 1.92. The molecule has 166 valence electrons. The van der Waals surface area contributed by atoms with Crippen LogP contribution in [0.2, 0.25) is 0 Å². The number of fused-ring (bicyclic) bond motifs is 2. The van der Waals surface area contributed by atoms with Crippen LogP contribution in [0.15, 0.2) is 41.3 Å². The normalized spacial score (nSPS) is 27.8. The fraction of sp³-hybridized carbons (Fsp3) is 0.409. The minimum Gasteiger partial charge on any atom is -0.390 e. The fourth-order valence-electron chi connectivity index (χ4n) is 4.84. The maximum absolute atomic E-state index is 14.5. The number of rotatable bonds is 4. The van der Waals surface area contributed by atoms with Gasteiger partial charge >= 0.3 is 0 Å². The van der Waals surface area contributed by atoms with Crippen molar-refractivity contribution in [2.75, 3.05) is 5.32 Å². The van der Waals surface area contributed by atoms with Gasteiger partial charge in [-0.05, 0) is 74.8 Å². The van der Waals surface area contributed by atoms with Gasteiger partial charge in [-0.1, -0.05) is 0 Å². The van der Waals surface area contributed by atoms with E-state index >= 15 is 0 Å². The molecule has 2 aliphatic rings. The van der Waals surface area contributed by atoms with Crippen LogP contribution in [0.1, 0.15) is 43.0 Å². The molecule has 0 aromatic heterocycles. The Morgan fingerprint density at radius 1 is 1.00 bits per heavy atom. The summed E-state index contributed by atoms with van der Waals surface area (Å²) in [7, 11) is -4.09. The predicted molar refractivity (Wildman–Crippen MR) is 108 cm³/mol. The Morgan fingerprint density at radius 3 is 2.23 bits per heavy atom. The Bertz CT molecular complexity index is 1130. The van der Waals surface area contributed by atoms with Crippen LogP contribution in [-0.2, 0) is 9.84 Å². The van der Waals surface area contributed by atoms with Gasteiger partial charge in [-0.3, -0.25) is 4.79 Å². The van der Waals surface area contributed by atoms with Gasteiger partial charge < -0.3 is 10.4 Å². The number of aliphatic hydroxyl groups is 1. The Kier molecular flexibility index (Phi) is 5.37. The van der Waals surface area contributed by atoms with Crippen molar-refractivity contribution in [3.63, 3.8) is 0 Å². The molecule has 9 heteroatoms. The van der Waals surface area contributed by atoms with Crippen LogP contribution in [0.25, 0.3) is 0 Å². The zero-order valence-corrected chi connectivity index (χ0v) is 17.6. The molecule has 2 N–H and O–H groups in total. The van der Waals surface area contributed by atoms with Gasteiger partial charge in [0.2, 0.25) is 0 Å². The van der Waals surface area contributed by atoms with Gasteiger partial charge in [0.25, 0.3) is 5.91 Å². The summed E-state index contributed by atoms with van der Waals surface area (Å²) < 4.78 is 67.4. The van der Waals surface area contributed by atoms with Crippen molar-refractivity contribution < 1.29 is 31.5 Å². The predicted octanol–water partition coefficient (Wildman–Crippen LogP) is 4.07. The molecule has 2 aliphatic carbocycles. The van der Waals surface area contributed by atoms with E-state index in [4.69, 9.17) is 0 Å². The maximum atomic E-state index is 14.5. The van der Waals surface area contributed by atoms with Crippen molar-refractivity contribution in [2.45, 2.75) is 48.4 Å². The van der Waals surface area contributed by atoms with Crippen molar-refractivity contribution in [3.8, 4) is 0 Å². The standard InChI is InChI=1S/C22H22F3NO4S/c1-22(28)13-3-4-14(22)10-16(9-13)31(29,30)20-8-12(2-6-18(20)24)21(27)26-15-5-7-17(23)19(25)11-15/h2,5-8,11,13-14,16,28H,3-4,9-10H2,1H3,(H,26,27)/t13-,14?,16-,22-/m0/s1. The summed E-state index contributed by atoms with van der Waals surface area (Å²) in [4.78, 5) is 11.9. The molecule has 0 heterocycles. The molecule has 0 spiro atoms. The van der Waals surface area contributed by atoms with Gasteiger partial charge in [-0.25, -0.2) is 21.6 Å². The second kappa shape index (κ2) is 7.63. The highest BCUT2D eigenvalue weighted by Gasteiger charge is 2.53. The number of amides is 1. The number of anilines is 1. The van der Waals surface area contributed by atoms with Crippen LogP contribution in [0.5, 0.6) is 0 Å². The lowest BCUT2D eigenvalue weighted by atomic mass is 9.76. The van der Waals surface area contributed by atoms with Gasteiger partial charge in [0.15, 0.2) is 21.5 Å². The van der Waals surface area contributed by atoms with E-state index in [-0.39, 0.29) is 35.9 Å². The fourth-order valence-corrected chi connectivity index (χ4v) is 6.80. The number of nitrogens with one attached hydrogen (secondary N) is 1. The third-order valence-electron chi connectivity index (χ3n) is 6.73. The zero-order valence-electron chi connectivity index (χ0n) is 16.7. The Balaban J connectivity index is 1.60. The first-order chi connectivity index (χ1) is 14.5. The van der Waals surface area contributed by atoms with E-state index in [1.165, 1.54) is 0 Å². The molecule has 5 nitrogen and oxygen atoms in total. The first kappa shape index (κ1) is 21.8. The topological polar surface area (TPSA) is 83.5 Å². The second-order valence-electron chi connectivity index (χ2n) is 8.56. The van der Waals surface area contributed by atoms with Crippen molar-refractivity contribution in [1.82, 2.24) is 0 Å². The Hall–Kier alpha value is -2.39. The SMILES string of the molecule is C[C@@]1(O)C2CC[C@H]1C[C@H](S(=O)(=O)c1cc(C(=O)Nc3ccc(F)c(F)c3)ccc1F)C2. The number of hydrogen-bond acceptors (Lipinski definition) is 4. The molecule has 0 saturated heterocycles. The van der Waals surface area contributed by atoms with Crippen LogP contribution in [0, 0.1) is 29.3 Å². The van der Waals surface area contributed by atoms with Crippen LogP contribution in [0.3, 0.4) is 0 Å². The molecule has 4 rings (SSSR count). The van der Waals surface area contributed by atoms with E-state index in [0.717, 1.165) is 49.2 Å². The molecule has 4 atom stereocenters. The monoisotopic (exact) mass is 453 g/mol. The highest BCUT2D eigenvalue weighted by Crippen LogP contribution is 2.51. The third kappa shape index (κ3) is 3.85. The van der Waals surface area contributed by atoms with E-state index in [1.807, 2.05) is 0 Å². The summed E-state index contributed by atoms with van der Waals surface area (Å²) in [5, 5.41) is 12.1. The summed E-state index contributed by atoms with van der Waals surface area (Å²) in [6.45, 7) is 1.72. The molecule has 2 bridgehead atoms. The lowest BCUT2D eigenvalue weighted by Gasteiger charge is -2.40. The highest BCUT2D eigenvalue weighted by atomic mass is 32.2. The zero-order chi connectivity index (χ0) is 22.6. The highest BCUT2D eigenvalue weighted by molar-refractivity contribution is 7.92. The quantitative estimate of drug-likeness (QED) is 0.731. The van der Waals surface area contributed by atoms with Crippen LogP contribution in [0.4, 0.5) is 18.9 Å². The summed E-state index contributed by atoms with van der Waals surface area (Å²) in [5.74, 6) is -4.32. The smallest absolute Gasteiger partial charge is 0.255 e. The third-order valence-corrected chi connectivity index (χ3v) is 8.92. The number of sulfone groups is 1. The number of carbonyl (C=O) groups excluding carboxylic acids is 1. The number of halogens is 3. The van der Waals surface area contributed by atoms with E-state index in [2.05, 4.69) is 5.32 Å². The first-order valence-electron chi connectivity index (χ1n) is 10.0. The molecule has 2 saturated carbocycles. The van der Waals surface area contributed by atoms with Crippen molar-refractivity contribution in [1.29, 1.82) is 0 Å². The number of benzene rings is 2. The molecule has 1 unspecified atom stereocenters. The van der Waals surface area contributed by atoms with Crippen molar-refractivity contribution in [2.24, 2.45) is 11.8 Å². The van der Waals surface area contributed by atoms with E-state index in [1.54, 1.807) is 6.92 Å². The molecule has 1 amide bonds. The minimum absolute atomic E-state index is 0.0243. The average molecular weight is 453 g/mol. The summed E-state index contributed by atoms with van der Waals surface area (Å²) >= 11 is 0. The second-order valence-corrected chi connectivity index (χ2v) is 10.8. The average Bonchev–Trinajstić information content (AvgIpc) is 2.87. The largest absolute Gasteiger partial charge is 0.390 e. The number of hydrogen-bond donors (Lipinski definition) is 2. The van der Waals surface area contributed by atoms with Gasteiger partial charge in [0.05, 0.1) is 10.9 Å². The Morgan fingerprint density at radius 2 is 1.61 bits per heavy atom. The molecule has 0 aliphatic heterocycles. The molecule has 0 radical (unpaired) electrons. The Labute approximate surface area is 178 Å². The van der Waals surface area contributed by atoms with Crippen molar-refractivity contribution in [3.05, 3.63) is 59.4 Å². The number of carbonyl (C=O) groups is 1. The van der Waals surface area contributed by atoms with E-state index in [9.17, 15) is 31.5 Å². The van der Waals surface area contributed by atoms with Gasteiger partial charge in [-0.2, -0.15) is 0 Å². The van der Waals surface area contributed by atoms with Crippen molar-refractivity contribution >= 4 is 21.4 Å². The molecule has 2 aromatic rings. The summed E-state index contributed by atoms with van der Waals surface area (Å²) in [6, 6.07) is 5.78. The van der Waals surface area contributed by atoms with Crippen LogP contribution in [-0.4, -0.2) is 30.3 Å². The molecule has 2 fully saturated rings. The van der Waals surface area contributed by atoms with Gasteiger partial charge in [-0.15, -0.1) is 0 Å². The lowest BCUT2D eigenvalue weighted by molar-refractivity contribution is -0.0413. The van der Waals surface area contributed by atoms with E-state index in [0.29, 0.717) is 0 Å². The molecule has 31 heavy (non-hydrogen) atoms.